The van der Waals surface area contributed by atoms with Crippen LogP contribution in [0.25, 0.3) is 5.69 Å². The number of ether oxygens (including phenoxy) is 1. The van der Waals surface area contributed by atoms with Crippen LogP contribution in [-0.4, -0.2) is 29.1 Å². The molecule has 1 aromatic carbocycles. The average molecular weight is 266 g/mol. The molecule has 0 amide bonds. The van der Waals surface area contributed by atoms with Crippen molar-refractivity contribution in [2.45, 2.75) is 0 Å². The molecule has 19 heavy (non-hydrogen) atoms. The number of nitrogens with zero attached hydrogens (tertiary/aromatic N) is 2. The van der Waals surface area contributed by atoms with Gasteiger partial charge in [0.05, 0.1) is 13.3 Å². The van der Waals surface area contributed by atoms with Crippen molar-refractivity contribution in [2.75, 3.05) is 7.11 Å². The molecule has 0 fully saturated rings. The van der Waals surface area contributed by atoms with Crippen molar-refractivity contribution in [3.8, 4) is 5.69 Å². The maximum absolute atomic E-state index is 13.6. The van der Waals surface area contributed by atoms with E-state index in [-0.39, 0.29) is 16.9 Å². The van der Waals surface area contributed by atoms with Crippen molar-refractivity contribution >= 4 is 12.3 Å². The highest BCUT2D eigenvalue weighted by Crippen LogP contribution is 2.19. The van der Waals surface area contributed by atoms with E-state index in [0.717, 1.165) is 24.1 Å². The molecule has 0 aliphatic carbocycles. The highest BCUT2D eigenvalue weighted by molar-refractivity contribution is 5.97. The first-order valence-electron chi connectivity index (χ1n) is 5.16. The minimum atomic E-state index is -1.16. The predicted molar refractivity (Wildman–Crippen MR) is 60.2 cm³/mol. The molecule has 0 spiro atoms. The average Bonchev–Trinajstić information content (AvgIpc) is 2.84. The van der Waals surface area contributed by atoms with Gasteiger partial charge in [0.2, 0.25) is 0 Å². The molecule has 98 valence electrons. The molecule has 7 heteroatoms. The van der Waals surface area contributed by atoms with Gasteiger partial charge in [-0.2, -0.15) is 5.10 Å². The van der Waals surface area contributed by atoms with Crippen molar-refractivity contribution in [2.24, 2.45) is 0 Å². The van der Waals surface area contributed by atoms with Gasteiger partial charge in [0.15, 0.2) is 17.9 Å². The minimum absolute atomic E-state index is 0.124. The Morgan fingerprint density at radius 2 is 2.16 bits per heavy atom. The van der Waals surface area contributed by atoms with Crippen molar-refractivity contribution in [1.29, 1.82) is 0 Å². The number of hydrogen-bond donors (Lipinski definition) is 0. The van der Waals surface area contributed by atoms with Crippen LogP contribution in [-0.2, 0) is 4.74 Å². The Kier molecular flexibility index (Phi) is 3.37. The van der Waals surface area contributed by atoms with E-state index >= 15 is 0 Å². The molecule has 0 bridgehead atoms. The molecule has 0 atom stereocenters. The van der Waals surface area contributed by atoms with Crippen LogP contribution in [0.5, 0.6) is 0 Å². The third kappa shape index (κ3) is 2.10. The van der Waals surface area contributed by atoms with Crippen LogP contribution in [0.1, 0.15) is 20.8 Å². The molecule has 0 radical (unpaired) electrons. The summed E-state index contributed by atoms with van der Waals surface area (Å²) < 4.78 is 32.1. The van der Waals surface area contributed by atoms with E-state index in [9.17, 15) is 18.4 Å². The zero-order valence-corrected chi connectivity index (χ0v) is 9.76. The number of carbonyl (C=O) groups is 2. The van der Waals surface area contributed by atoms with Crippen molar-refractivity contribution in [3.63, 3.8) is 0 Å². The molecule has 5 nitrogen and oxygen atoms in total. The lowest BCUT2D eigenvalue weighted by Gasteiger charge is -2.06. The number of rotatable bonds is 3. The summed E-state index contributed by atoms with van der Waals surface area (Å²) in [6.45, 7) is 0. The van der Waals surface area contributed by atoms with Crippen LogP contribution in [0.2, 0.25) is 0 Å². The van der Waals surface area contributed by atoms with Crippen LogP contribution in [0, 0.1) is 11.6 Å². The number of hydrogen-bond acceptors (Lipinski definition) is 4. The topological polar surface area (TPSA) is 61.2 Å². The Labute approximate surface area is 106 Å². The van der Waals surface area contributed by atoms with Crippen molar-refractivity contribution < 1.29 is 23.1 Å². The predicted octanol–water partition coefficient (Wildman–Crippen LogP) is 1.75. The molecule has 1 heterocycles. The lowest BCUT2D eigenvalue weighted by Crippen LogP contribution is -2.09. The molecular weight excluding hydrogens is 258 g/mol. The first kappa shape index (κ1) is 12.9. The van der Waals surface area contributed by atoms with Gasteiger partial charge in [0.1, 0.15) is 16.9 Å². The Bertz CT molecular complexity index is 652. The summed E-state index contributed by atoms with van der Waals surface area (Å²) in [6.07, 6.45) is 1.38. The highest BCUT2D eigenvalue weighted by atomic mass is 19.2. The molecule has 2 aromatic rings. The standard InChI is InChI=1S/C12H8F2N2O3/c1-19-12(18)7-5-15-16(10(7)6-17)9-4-2-3-8(13)11(9)14/h2-6H,1H3. The number of esters is 1. The molecule has 0 N–H and O–H groups in total. The van der Waals surface area contributed by atoms with Crippen LogP contribution in [0.4, 0.5) is 8.78 Å². The van der Waals surface area contributed by atoms with E-state index < -0.39 is 17.6 Å². The number of aromatic nitrogens is 2. The van der Waals surface area contributed by atoms with Crippen molar-refractivity contribution in [3.05, 3.63) is 47.3 Å². The Morgan fingerprint density at radius 3 is 2.79 bits per heavy atom. The molecule has 0 saturated heterocycles. The van der Waals surface area contributed by atoms with Gasteiger partial charge >= 0.3 is 5.97 Å². The van der Waals surface area contributed by atoms with E-state index in [1.165, 1.54) is 12.1 Å². The zero-order valence-electron chi connectivity index (χ0n) is 9.76. The Balaban J connectivity index is 2.64. The second kappa shape index (κ2) is 4.97. The fraction of sp³-hybridized carbons (Fsp3) is 0.0833. The van der Waals surface area contributed by atoms with Gasteiger partial charge < -0.3 is 4.74 Å². The molecule has 0 unspecified atom stereocenters. The maximum Gasteiger partial charge on any atom is 0.341 e. The largest absolute Gasteiger partial charge is 0.465 e. The molecule has 0 saturated carbocycles. The van der Waals surface area contributed by atoms with Crippen LogP contribution >= 0.6 is 0 Å². The van der Waals surface area contributed by atoms with Gasteiger partial charge in [0.25, 0.3) is 0 Å². The SMILES string of the molecule is COC(=O)c1cnn(-c2cccc(F)c2F)c1C=O. The minimum Gasteiger partial charge on any atom is -0.465 e. The van der Waals surface area contributed by atoms with Gasteiger partial charge in [-0.15, -0.1) is 0 Å². The summed E-state index contributed by atoms with van der Waals surface area (Å²) in [5.41, 5.74) is -0.602. The third-order valence-corrected chi connectivity index (χ3v) is 2.48. The fourth-order valence-corrected chi connectivity index (χ4v) is 1.59. The monoisotopic (exact) mass is 266 g/mol. The van der Waals surface area contributed by atoms with E-state index in [4.69, 9.17) is 0 Å². The van der Waals surface area contributed by atoms with Crippen molar-refractivity contribution in [1.82, 2.24) is 9.78 Å². The first-order chi connectivity index (χ1) is 9.10. The smallest absolute Gasteiger partial charge is 0.341 e. The van der Waals surface area contributed by atoms with E-state index in [1.807, 2.05) is 0 Å². The molecule has 0 aliphatic heterocycles. The van der Waals surface area contributed by atoms with Gasteiger partial charge in [-0.3, -0.25) is 4.79 Å². The molecule has 2 rings (SSSR count). The third-order valence-electron chi connectivity index (χ3n) is 2.48. The van der Waals surface area contributed by atoms with E-state index in [1.54, 1.807) is 0 Å². The summed E-state index contributed by atoms with van der Waals surface area (Å²) in [5.74, 6) is -3.03. The quantitative estimate of drug-likeness (QED) is 0.627. The summed E-state index contributed by atoms with van der Waals surface area (Å²) in [4.78, 5) is 22.4. The zero-order chi connectivity index (χ0) is 14.0. The number of benzene rings is 1. The van der Waals surface area contributed by atoms with Crippen LogP contribution in [0.15, 0.2) is 24.4 Å². The summed E-state index contributed by atoms with van der Waals surface area (Å²) in [7, 11) is 1.14. The van der Waals surface area contributed by atoms with Gasteiger partial charge in [-0.05, 0) is 12.1 Å². The number of carbonyl (C=O) groups excluding carboxylic acids is 2. The number of aldehydes is 1. The lowest BCUT2D eigenvalue weighted by molar-refractivity contribution is 0.0598. The van der Waals surface area contributed by atoms with Gasteiger partial charge in [0, 0.05) is 0 Å². The summed E-state index contributed by atoms with van der Waals surface area (Å²) in [5, 5.41) is 3.71. The lowest BCUT2D eigenvalue weighted by atomic mass is 10.2. The highest BCUT2D eigenvalue weighted by Gasteiger charge is 2.20. The summed E-state index contributed by atoms with van der Waals surface area (Å²) in [6, 6.07) is 3.44. The van der Waals surface area contributed by atoms with Gasteiger partial charge in [-0.25, -0.2) is 18.3 Å². The van der Waals surface area contributed by atoms with Crippen LogP contribution < -0.4 is 0 Å². The first-order valence-corrected chi connectivity index (χ1v) is 5.16. The Hall–Kier alpha value is -2.57. The second-order valence-electron chi connectivity index (χ2n) is 3.54. The normalized spacial score (nSPS) is 10.3. The Morgan fingerprint density at radius 1 is 1.42 bits per heavy atom. The van der Waals surface area contributed by atoms with E-state index in [2.05, 4.69) is 9.84 Å². The number of halogens is 2. The molecular formula is C12H8F2N2O3. The maximum atomic E-state index is 13.6. The van der Waals surface area contributed by atoms with Crippen LogP contribution in [0.3, 0.4) is 0 Å². The second-order valence-corrected chi connectivity index (χ2v) is 3.54. The number of methoxy groups -OCH3 is 1. The van der Waals surface area contributed by atoms with Gasteiger partial charge in [-0.1, -0.05) is 6.07 Å². The molecule has 0 aliphatic rings. The fourth-order valence-electron chi connectivity index (χ4n) is 1.59. The molecule has 1 aromatic heterocycles. The van der Waals surface area contributed by atoms with E-state index in [0.29, 0.717) is 6.29 Å². The summed E-state index contributed by atoms with van der Waals surface area (Å²) >= 11 is 0.